The minimum absolute atomic E-state index is 0.149. The first-order chi connectivity index (χ1) is 7.22. The first kappa shape index (κ1) is 11.4. The van der Waals surface area contributed by atoms with Crippen molar-refractivity contribution in [3.63, 3.8) is 0 Å². The molecule has 0 N–H and O–H groups in total. The maximum absolute atomic E-state index is 11.2. The molecule has 0 spiro atoms. The second kappa shape index (κ2) is 5.96. The van der Waals surface area contributed by atoms with E-state index in [1.54, 1.807) is 6.92 Å². The minimum atomic E-state index is -0.335. The van der Waals surface area contributed by atoms with Crippen molar-refractivity contribution < 1.29 is 14.3 Å². The van der Waals surface area contributed by atoms with E-state index in [-0.39, 0.29) is 24.9 Å². The lowest BCUT2D eigenvalue weighted by molar-refractivity contribution is -0.146. The monoisotopic (exact) mass is 206 g/mol. The quantitative estimate of drug-likeness (QED) is 0.546. The van der Waals surface area contributed by atoms with Crippen molar-refractivity contribution >= 4 is 12.3 Å². The van der Waals surface area contributed by atoms with Crippen LogP contribution in [0.1, 0.15) is 18.9 Å². The molecule has 0 fully saturated rings. The van der Waals surface area contributed by atoms with Crippen LogP contribution in [0, 0.1) is 5.92 Å². The maximum atomic E-state index is 11.2. The summed E-state index contributed by atoms with van der Waals surface area (Å²) >= 11 is 0. The first-order valence-corrected chi connectivity index (χ1v) is 4.87. The fourth-order valence-corrected chi connectivity index (χ4v) is 1.11. The van der Waals surface area contributed by atoms with E-state index in [2.05, 4.69) is 0 Å². The number of carbonyl (C=O) groups is 2. The van der Waals surface area contributed by atoms with Crippen LogP contribution in [0.2, 0.25) is 0 Å². The van der Waals surface area contributed by atoms with Crippen LogP contribution in [0.5, 0.6) is 0 Å². The molecular formula is C12H14O3. The number of hydrogen-bond donors (Lipinski definition) is 0. The van der Waals surface area contributed by atoms with Crippen molar-refractivity contribution in [3.05, 3.63) is 35.9 Å². The highest BCUT2D eigenvalue weighted by molar-refractivity contribution is 5.73. The Labute approximate surface area is 89.1 Å². The molecule has 0 aromatic heterocycles. The zero-order valence-corrected chi connectivity index (χ0v) is 8.68. The van der Waals surface area contributed by atoms with Crippen molar-refractivity contribution in [2.75, 3.05) is 0 Å². The highest BCUT2D eigenvalue weighted by Crippen LogP contribution is 2.04. The van der Waals surface area contributed by atoms with Gasteiger partial charge in [0.15, 0.2) is 0 Å². The van der Waals surface area contributed by atoms with Gasteiger partial charge in [0, 0.05) is 5.92 Å². The van der Waals surface area contributed by atoms with Crippen LogP contribution in [-0.4, -0.2) is 12.3 Å². The Morgan fingerprint density at radius 3 is 2.67 bits per heavy atom. The molecule has 1 rings (SSSR count). The summed E-state index contributed by atoms with van der Waals surface area (Å²) in [6.45, 7) is 1.96. The Morgan fingerprint density at radius 2 is 2.07 bits per heavy atom. The van der Waals surface area contributed by atoms with Gasteiger partial charge in [-0.3, -0.25) is 4.79 Å². The summed E-state index contributed by atoms with van der Waals surface area (Å²) < 4.78 is 5.00. The second-order valence-electron chi connectivity index (χ2n) is 3.46. The van der Waals surface area contributed by atoms with Gasteiger partial charge in [0.2, 0.25) is 0 Å². The molecule has 0 aliphatic carbocycles. The zero-order chi connectivity index (χ0) is 11.1. The van der Waals surface area contributed by atoms with Gasteiger partial charge in [0.1, 0.15) is 12.9 Å². The predicted molar refractivity (Wildman–Crippen MR) is 56.1 cm³/mol. The molecular weight excluding hydrogens is 192 g/mol. The number of benzene rings is 1. The van der Waals surface area contributed by atoms with Crippen molar-refractivity contribution in [1.82, 2.24) is 0 Å². The van der Waals surface area contributed by atoms with E-state index < -0.39 is 0 Å². The molecule has 0 bridgehead atoms. The van der Waals surface area contributed by atoms with Crippen molar-refractivity contribution in [2.24, 2.45) is 5.92 Å². The molecule has 0 saturated heterocycles. The predicted octanol–water partition coefficient (Wildman–Crippen LogP) is 1.95. The van der Waals surface area contributed by atoms with Gasteiger partial charge in [0.05, 0.1) is 6.42 Å². The van der Waals surface area contributed by atoms with Crippen LogP contribution in [0.3, 0.4) is 0 Å². The number of rotatable bonds is 5. The fraction of sp³-hybridized carbons (Fsp3) is 0.333. The largest absolute Gasteiger partial charge is 0.461 e. The van der Waals surface area contributed by atoms with E-state index in [1.165, 1.54) is 0 Å². The highest BCUT2D eigenvalue weighted by Gasteiger charge is 2.08. The minimum Gasteiger partial charge on any atom is -0.461 e. The van der Waals surface area contributed by atoms with Crippen molar-refractivity contribution in [3.8, 4) is 0 Å². The van der Waals surface area contributed by atoms with Gasteiger partial charge in [-0.15, -0.1) is 0 Å². The van der Waals surface area contributed by atoms with Crippen LogP contribution >= 0.6 is 0 Å². The maximum Gasteiger partial charge on any atom is 0.306 e. The molecule has 0 heterocycles. The average Bonchev–Trinajstić information content (AvgIpc) is 2.27. The average molecular weight is 206 g/mol. The molecule has 3 heteroatoms. The Balaban J connectivity index is 2.31. The molecule has 1 atom stereocenters. The Kier molecular flexibility index (Phi) is 4.54. The van der Waals surface area contributed by atoms with E-state index in [0.717, 1.165) is 11.8 Å². The van der Waals surface area contributed by atoms with Crippen LogP contribution in [0.15, 0.2) is 30.3 Å². The fourth-order valence-electron chi connectivity index (χ4n) is 1.11. The van der Waals surface area contributed by atoms with Gasteiger partial charge in [-0.05, 0) is 5.56 Å². The summed E-state index contributed by atoms with van der Waals surface area (Å²) in [6.07, 6.45) is 0.903. The lowest BCUT2D eigenvalue weighted by atomic mass is 10.1. The molecule has 0 unspecified atom stereocenters. The Hall–Kier alpha value is -1.64. The first-order valence-electron chi connectivity index (χ1n) is 4.87. The van der Waals surface area contributed by atoms with Crippen LogP contribution < -0.4 is 0 Å². The van der Waals surface area contributed by atoms with E-state index >= 15 is 0 Å². The Morgan fingerprint density at radius 1 is 1.40 bits per heavy atom. The molecule has 3 nitrogen and oxygen atoms in total. The van der Waals surface area contributed by atoms with Crippen LogP contribution in [0.25, 0.3) is 0 Å². The third-order valence-corrected chi connectivity index (χ3v) is 1.96. The molecule has 1 aromatic carbocycles. The lowest BCUT2D eigenvalue weighted by Gasteiger charge is -2.05. The molecule has 15 heavy (non-hydrogen) atoms. The molecule has 1 aromatic rings. The van der Waals surface area contributed by atoms with E-state index in [0.29, 0.717) is 0 Å². The summed E-state index contributed by atoms with van der Waals surface area (Å²) in [4.78, 5) is 21.5. The molecule has 80 valence electrons. The summed E-state index contributed by atoms with van der Waals surface area (Å²) in [5, 5.41) is 0. The number of carbonyl (C=O) groups excluding carboxylic acids is 2. The highest BCUT2D eigenvalue weighted by atomic mass is 16.5. The van der Waals surface area contributed by atoms with Gasteiger partial charge in [0.25, 0.3) is 0 Å². The van der Waals surface area contributed by atoms with Crippen molar-refractivity contribution in [2.45, 2.75) is 20.0 Å². The third kappa shape index (κ3) is 4.40. The SMILES string of the molecule is C[C@@H](C=O)CC(=O)OCc1ccccc1. The number of aldehydes is 1. The topological polar surface area (TPSA) is 43.4 Å². The molecule has 0 aliphatic heterocycles. The summed E-state index contributed by atoms with van der Waals surface area (Å²) in [7, 11) is 0. The van der Waals surface area contributed by atoms with Gasteiger partial charge in [-0.1, -0.05) is 37.3 Å². The molecule has 0 amide bonds. The normalized spacial score (nSPS) is 11.8. The summed E-state index contributed by atoms with van der Waals surface area (Å²) in [6, 6.07) is 9.45. The second-order valence-corrected chi connectivity index (χ2v) is 3.46. The van der Waals surface area contributed by atoms with Gasteiger partial charge in [-0.25, -0.2) is 0 Å². The number of ether oxygens (including phenoxy) is 1. The standard InChI is InChI=1S/C12H14O3/c1-10(8-13)7-12(14)15-9-11-5-3-2-4-6-11/h2-6,8,10H,7,9H2,1H3/t10-/m1/s1. The zero-order valence-electron chi connectivity index (χ0n) is 8.68. The number of hydrogen-bond acceptors (Lipinski definition) is 3. The van der Waals surface area contributed by atoms with Crippen LogP contribution in [0.4, 0.5) is 0 Å². The van der Waals surface area contributed by atoms with E-state index in [9.17, 15) is 9.59 Å². The third-order valence-electron chi connectivity index (χ3n) is 1.96. The van der Waals surface area contributed by atoms with Gasteiger partial charge < -0.3 is 9.53 Å². The number of esters is 1. The van der Waals surface area contributed by atoms with Gasteiger partial charge >= 0.3 is 5.97 Å². The van der Waals surface area contributed by atoms with E-state index in [1.807, 2.05) is 30.3 Å². The van der Waals surface area contributed by atoms with E-state index in [4.69, 9.17) is 4.74 Å². The summed E-state index contributed by atoms with van der Waals surface area (Å²) in [5.74, 6) is -0.605. The van der Waals surface area contributed by atoms with Crippen molar-refractivity contribution in [1.29, 1.82) is 0 Å². The van der Waals surface area contributed by atoms with Crippen LogP contribution in [-0.2, 0) is 20.9 Å². The summed E-state index contributed by atoms with van der Waals surface area (Å²) in [5.41, 5.74) is 0.949. The molecule has 0 aliphatic rings. The smallest absolute Gasteiger partial charge is 0.306 e. The lowest BCUT2D eigenvalue weighted by Crippen LogP contribution is -2.10. The van der Waals surface area contributed by atoms with Gasteiger partial charge in [-0.2, -0.15) is 0 Å². The molecule has 0 saturated carbocycles. The molecule has 0 radical (unpaired) electrons. The Bertz CT molecular complexity index is 319.